The Morgan fingerprint density at radius 2 is 1.68 bits per heavy atom. The van der Waals surface area contributed by atoms with Crippen LogP contribution in [0.15, 0.2) is 0 Å². The minimum absolute atomic E-state index is 0.236. The lowest BCUT2D eigenvalue weighted by atomic mass is 9.68. The van der Waals surface area contributed by atoms with Gasteiger partial charge in [-0.25, -0.2) is 4.79 Å². The Balaban J connectivity index is 1.82. The van der Waals surface area contributed by atoms with Crippen LogP contribution in [0.4, 0.5) is 4.79 Å². The van der Waals surface area contributed by atoms with Crippen molar-refractivity contribution in [2.45, 2.75) is 57.9 Å². The fourth-order valence-corrected chi connectivity index (χ4v) is 3.32. The number of carbonyl (C=O) groups excluding carboxylic acids is 1. The maximum absolute atomic E-state index is 11.9. The van der Waals surface area contributed by atoms with Crippen LogP contribution in [0.3, 0.4) is 0 Å². The van der Waals surface area contributed by atoms with Crippen molar-refractivity contribution in [1.82, 2.24) is 10.2 Å². The van der Waals surface area contributed by atoms with Gasteiger partial charge in [0.1, 0.15) is 6.04 Å². The summed E-state index contributed by atoms with van der Waals surface area (Å²) >= 11 is 0. The van der Waals surface area contributed by atoms with Gasteiger partial charge in [0.05, 0.1) is 0 Å². The molecule has 1 aliphatic carbocycles. The summed E-state index contributed by atoms with van der Waals surface area (Å²) in [5, 5.41) is 11.3. The number of piperidine rings is 1. The molecule has 1 saturated heterocycles. The summed E-state index contributed by atoms with van der Waals surface area (Å²) in [7, 11) is 0. The van der Waals surface area contributed by atoms with Crippen LogP contribution >= 0.6 is 0 Å². The Bertz CT molecular complexity index is 341. The fourth-order valence-electron chi connectivity index (χ4n) is 3.32. The lowest BCUT2D eigenvalue weighted by molar-refractivity contribution is -0.138. The molecule has 2 aliphatic rings. The van der Waals surface area contributed by atoms with E-state index in [-0.39, 0.29) is 6.03 Å². The van der Waals surface area contributed by atoms with E-state index in [1.165, 1.54) is 39.0 Å². The highest BCUT2D eigenvalue weighted by atomic mass is 16.4. The predicted octanol–water partition coefficient (Wildman–Crippen LogP) is 2.22. The lowest BCUT2D eigenvalue weighted by Crippen LogP contribution is -2.51. The average Bonchev–Trinajstić information content (AvgIpc) is 2.40. The molecule has 1 unspecified atom stereocenters. The van der Waals surface area contributed by atoms with E-state index in [2.05, 4.69) is 5.32 Å². The van der Waals surface area contributed by atoms with Crippen LogP contribution in [0.1, 0.15) is 51.9 Å². The second-order valence-corrected chi connectivity index (χ2v) is 6.06. The number of amides is 2. The largest absolute Gasteiger partial charge is 0.480 e. The molecule has 0 bridgehead atoms. The number of nitrogens with zero attached hydrogens (tertiary/aromatic N) is 1. The highest BCUT2D eigenvalue weighted by Crippen LogP contribution is 2.44. The highest BCUT2D eigenvalue weighted by molar-refractivity contribution is 5.82. The van der Waals surface area contributed by atoms with Crippen molar-refractivity contribution in [2.24, 2.45) is 5.41 Å². The lowest BCUT2D eigenvalue weighted by Gasteiger charge is -2.44. The van der Waals surface area contributed by atoms with Gasteiger partial charge in [0.15, 0.2) is 0 Å². The van der Waals surface area contributed by atoms with Crippen LogP contribution in [-0.4, -0.2) is 41.1 Å². The molecule has 2 rings (SSSR count). The molecule has 2 amide bonds. The first-order valence-electron chi connectivity index (χ1n) is 7.31. The molecule has 0 aromatic rings. The standard InChI is InChI=1S/C14H24N2O3/c1-11(12(17)18)15-13(19)16-9-7-14(8-10-16)5-3-2-4-6-14/h11H,2-10H2,1H3,(H,15,19)(H,17,18). The van der Waals surface area contributed by atoms with Gasteiger partial charge in [-0.3, -0.25) is 4.79 Å². The van der Waals surface area contributed by atoms with Crippen LogP contribution in [0, 0.1) is 5.41 Å². The van der Waals surface area contributed by atoms with E-state index in [9.17, 15) is 9.59 Å². The number of rotatable bonds is 2. The van der Waals surface area contributed by atoms with Crippen molar-refractivity contribution in [1.29, 1.82) is 0 Å². The molecule has 0 aromatic carbocycles. The SMILES string of the molecule is CC(NC(=O)N1CCC2(CCCCC2)CC1)C(=O)O. The number of urea groups is 1. The Hall–Kier alpha value is -1.26. The molecule has 1 atom stereocenters. The van der Waals surface area contributed by atoms with Gasteiger partial charge in [-0.05, 0) is 38.0 Å². The first kappa shape index (κ1) is 14.2. The van der Waals surface area contributed by atoms with Crippen molar-refractivity contribution in [2.75, 3.05) is 13.1 Å². The number of nitrogens with one attached hydrogen (secondary N) is 1. The van der Waals surface area contributed by atoms with Crippen molar-refractivity contribution in [3.05, 3.63) is 0 Å². The van der Waals surface area contributed by atoms with E-state index in [4.69, 9.17) is 5.11 Å². The summed E-state index contributed by atoms with van der Waals surface area (Å²) in [6, 6.07) is -1.06. The maximum Gasteiger partial charge on any atom is 0.325 e. The highest BCUT2D eigenvalue weighted by Gasteiger charge is 2.36. The molecular formula is C14H24N2O3. The van der Waals surface area contributed by atoms with Crippen LogP contribution < -0.4 is 5.32 Å². The van der Waals surface area contributed by atoms with Crippen LogP contribution in [-0.2, 0) is 4.79 Å². The van der Waals surface area contributed by atoms with Gasteiger partial charge < -0.3 is 15.3 Å². The number of carboxylic acids is 1. The van der Waals surface area contributed by atoms with Crippen LogP contribution in [0.25, 0.3) is 0 Å². The van der Waals surface area contributed by atoms with Crippen LogP contribution in [0.2, 0.25) is 0 Å². The first-order valence-corrected chi connectivity index (χ1v) is 7.31. The Morgan fingerprint density at radius 3 is 2.21 bits per heavy atom. The molecule has 19 heavy (non-hydrogen) atoms. The predicted molar refractivity (Wildman–Crippen MR) is 72.0 cm³/mol. The smallest absolute Gasteiger partial charge is 0.325 e. The average molecular weight is 268 g/mol. The molecule has 1 saturated carbocycles. The number of carbonyl (C=O) groups is 2. The summed E-state index contributed by atoms with van der Waals surface area (Å²) in [6.07, 6.45) is 8.73. The van der Waals surface area contributed by atoms with Gasteiger partial charge in [-0.1, -0.05) is 19.3 Å². The van der Waals surface area contributed by atoms with Gasteiger partial charge in [-0.15, -0.1) is 0 Å². The molecule has 0 aromatic heterocycles. The van der Waals surface area contributed by atoms with Crippen molar-refractivity contribution in [3.63, 3.8) is 0 Å². The van der Waals surface area contributed by atoms with E-state index in [1.54, 1.807) is 4.90 Å². The van der Waals surface area contributed by atoms with E-state index in [0.717, 1.165) is 25.9 Å². The molecular weight excluding hydrogens is 244 g/mol. The van der Waals surface area contributed by atoms with E-state index in [1.807, 2.05) is 0 Å². The van der Waals surface area contributed by atoms with E-state index in [0.29, 0.717) is 5.41 Å². The molecule has 1 aliphatic heterocycles. The molecule has 108 valence electrons. The number of carboxylic acid groups (broad SMARTS) is 1. The third-order valence-corrected chi connectivity index (χ3v) is 4.74. The maximum atomic E-state index is 11.9. The molecule has 1 heterocycles. The summed E-state index contributed by atoms with van der Waals surface area (Å²) in [5.74, 6) is -0.992. The Labute approximate surface area is 114 Å². The topological polar surface area (TPSA) is 69.6 Å². The second kappa shape index (κ2) is 5.80. The quantitative estimate of drug-likeness (QED) is 0.806. The Kier molecular flexibility index (Phi) is 4.32. The number of hydrogen-bond donors (Lipinski definition) is 2. The second-order valence-electron chi connectivity index (χ2n) is 6.06. The van der Waals surface area contributed by atoms with Gasteiger partial charge in [0, 0.05) is 13.1 Å². The van der Waals surface area contributed by atoms with E-state index < -0.39 is 12.0 Å². The zero-order valence-corrected chi connectivity index (χ0v) is 11.7. The molecule has 5 heteroatoms. The number of aliphatic carboxylic acids is 1. The summed E-state index contributed by atoms with van der Waals surface area (Å²) < 4.78 is 0. The third-order valence-electron chi connectivity index (χ3n) is 4.74. The van der Waals surface area contributed by atoms with Crippen molar-refractivity contribution < 1.29 is 14.7 Å². The van der Waals surface area contributed by atoms with Crippen molar-refractivity contribution in [3.8, 4) is 0 Å². The third kappa shape index (κ3) is 3.39. The first-order chi connectivity index (χ1) is 9.02. The molecule has 1 spiro atoms. The molecule has 0 radical (unpaired) electrons. The fraction of sp³-hybridized carbons (Fsp3) is 0.857. The molecule has 2 fully saturated rings. The van der Waals surface area contributed by atoms with Gasteiger partial charge in [0.2, 0.25) is 0 Å². The Morgan fingerprint density at radius 1 is 1.11 bits per heavy atom. The van der Waals surface area contributed by atoms with Gasteiger partial charge >= 0.3 is 12.0 Å². The van der Waals surface area contributed by atoms with Gasteiger partial charge in [-0.2, -0.15) is 0 Å². The molecule has 2 N–H and O–H groups in total. The summed E-state index contributed by atoms with van der Waals surface area (Å²) in [6.45, 7) is 3.02. The zero-order chi connectivity index (χ0) is 13.9. The number of likely N-dealkylation sites (tertiary alicyclic amines) is 1. The van der Waals surface area contributed by atoms with Crippen molar-refractivity contribution >= 4 is 12.0 Å². The van der Waals surface area contributed by atoms with Gasteiger partial charge in [0.25, 0.3) is 0 Å². The summed E-state index contributed by atoms with van der Waals surface area (Å²) in [4.78, 5) is 24.4. The number of hydrogen-bond acceptors (Lipinski definition) is 2. The normalized spacial score (nSPS) is 23.9. The monoisotopic (exact) mass is 268 g/mol. The zero-order valence-electron chi connectivity index (χ0n) is 11.7. The minimum atomic E-state index is -0.992. The van der Waals surface area contributed by atoms with Crippen LogP contribution in [0.5, 0.6) is 0 Å². The molecule has 5 nitrogen and oxygen atoms in total. The van der Waals surface area contributed by atoms with E-state index >= 15 is 0 Å². The summed E-state index contributed by atoms with van der Waals surface area (Å²) in [5.41, 5.74) is 0.466. The minimum Gasteiger partial charge on any atom is -0.480 e.